The highest BCUT2D eigenvalue weighted by Gasteiger charge is 2.21. The molecule has 0 bridgehead atoms. The molecule has 0 saturated carbocycles. The van der Waals surface area contributed by atoms with E-state index in [9.17, 15) is 9.90 Å². The summed E-state index contributed by atoms with van der Waals surface area (Å²) in [6, 6.07) is 5.76. The lowest BCUT2D eigenvalue weighted by molar-refractivity contribution is 0.0711. The summed E-state index contributed by atoms with van der Waals surface area (Å²) in [6.45, 7) is 5.45. The van der Waals surface area contributed by atoms with Crippen molar-refractivity contribution in [3.63, 3.8) is 0 Å². The summed E-state index contributed by atoms with van der Waals surface area (Å²) in [4.78, 5) is 32.3. The minimum absolute atomic E-state index is 0.196. The molecule has 6 rings (SSSR count). The number of imidazole rings is 1. The van der Waals surface area contributed by atoms with E-state index in [0.29, 0.717) is 24.4 Å². The van der Waals surface area contributed by atoms with Gasteiger partial charge in [0.25, 0.3) is 5.91 Å². The number of piperidine rings is 1. The predicted molar refractivity (Wildman–Crippen MR) is 145 cm³/mol. The number of hydrogen-bond donors (Lipinski definition) is 3. The Balaban J connectivity index is 1.30. The largest absolute Gasteiger partial charge is 0.444 e. The van der Waals surface area contributed by atoms with E-state index in [-0.39, 0.29) is 11.6 Å². The van der Waals surface area contributed by atoms with Crippen molar-refractivity contribution in [1.29, 1.82) is 0 Å². The molecule has 0 aliphatic carbocycles. The van der Waals surface area contributed by atoms with Crippen LogP contribution in [-0.4, -0.2) is 54.0 Å². The summed E-state index contributed by atoms with van der Waals surface area (Å²) in [6.07, 6.45) is 13.4. The zero-order chi connectivity index (χ0) is 26.3. The first-order valence-electron chi connectivity index (χ1n) is 13.0. The maximum atomic E-state index is 13.3. The van der Waals surface area contributed by atoms with Crippen LogP contribution in [0.1, 0.15) is 55.7 Å². The quantitative estimate of drug-likeness (QED) is 0.285. The molecule has 196 valence electrons. The third-order valence-electron chi connectivity index (χ3n) is 6.99. The Morgan fingerprint density at radius 3 is 2.84 bits per heavy atom. The molecule has 0 atom stereocenters. The average molecular weight is 514 g/mol. The first-order valence-corrected chi connectivity index (χ1v) is 13.0. The number of nitrogens with zero attached hydrogens (tertiary/aromatic N) is 5. The van der Waals surface area contributed by atoms with E-state index in [4.69, 9.17) is 9.40 Å². The molecule has 10 nitrogen and oxygen atoms in total. The number of aryl methyl sites for hydroxylation is 1. The molecule has 0 spiro atoms. The van der Waals surface area contributed by atoms with E-state index in [0.717, 1.165) is 59.6 Å². The summed E-state index contributed by atoms with van der Waals surface area (Å²) < 4.78 is 7.63. The molecule has 0 unspecified atom stereocenters. The lowest BCUT2D eigenvalue weighted by Gasteiger charge is -2.30. The zero-order valence-corrected chi connectivity index (χ0v) is 21.6. The zero-order valence-electron chi connectivity index (χ0n) is 21.6. The Hall–Kier alpha value is -4.18. The van der Waals surface area contributed by atoms with Crippen molar-refractivity contribution in [2.75, 3.05) is 23.3 Å². The smallest absolute Gasteiger partial charge is 0.277 e. The molecule has 1 aliphatic heterocycles. The number of pyridine rings is 2. The van der Waals surface area contributed by atoms with Crippen LogP contribution in [0.2, 0.25) is 0 Å². The normalized spacial score (nSPS) is 14.4. The number of oxazole rings is 1. The second-order valence-corrected chi connectivity index (χ2v) is 10.5. The molecule has 6 heterocycles. The van der Waals surface area contributed by atoms with Crippen molar-refractivity contribution in [1.82, 2.24) is 24.3 Å². The fourth-order valence-corrected chi connectivity index (χ4v) is 4.96. The van der Waals surface area contributed by atoms with E-state index >= 15 is 0 Å². The van der Waals surface area contributed by atoms with Crippen LogP contribution >= 0.6 is 0 Å². The molecule has 0 aromatic carbocycles. The monoisotopic (exact) mass is 513 g/mol. The van der Waals surface area contributed by atoms with Gasteiger partial charge in [0.15, 0.2) is 5.69 Å². The molecule has 10 heteroatoms. The molecule has 5 aromatic heterocycles. The van der Waals surface area contributed by atoms with Gasteiger partial charge in [-0.05, 0) is 58.1 Å². The van der Waals surface area contributed by atoms with Gasteiger partial charge in [-0.1, -0.05) is 0 Å². The number of carbonyl (C=O) groups is 1. The van der Waals surface area contributed by atoms with Crippen LogP contribution in [0, 0.1) is 0 Å². The minimum Gasteiger partial charge on any atom is -0.444 e. The highest BCUT2D eigenvalue weighted by Crippen LogP contribution is 2.32. The highest BCUT2D eigenvalue weighted by atomic mass is 16.3. The van der Waals surface area contributed by atoms with Crippen LogP contribution in [0.4, 0.5) is 11.4 Å². The van der Waals surface area contributed by atoms with Gasteiger partial charge in [0.1, 0.15) is 17.6 Å². The number of rotatable bonds is 7. The SMILES string of the molecule is CC(C)(O)CCc1cn2cc(NC(=O)c3coc(-c4ccnc5[nH]ccc45)n3)c(N3CCCCC3)cc2n1. The maximum Gasteiger partial charge on any atom is 0.277 e. The lowest BCUT2D eigenvalue weighted by atomic mass is 10.0. The lowest BCUT2D eigenvalue weighted by Crippen LogP contribution is -2.30. The van der Waals surface area contributed by atoms with Gasteiger partial charge in [0, 0.05) is 54.9 Å². The summed E-state index contributed by atoms with van der Waals surface area (Å²) in [5.41, 5.74) is 4.28. The number of fused-ring (bicyclic) bond motifs is 2. The van der Waals surface area contributed by atoms with Crippen molar-refractivity contribution in [2.45, 2.75) is 51.6 Å². The topological polar surface area (TPSA) is 125 Å². The van der Waals surface area contributed by atoms with E-state index in [1.54, 1.807) is 20.0 Å². The van der Waals surface area contributed by atoms with Gasteiger partial charge in [0.2, 0.25) is 5.89 Å². The van der Waals surface area contributed by atoms with Crippen molar-refractivity contribution in [3.8, 4) is 11.5 Å². The summed E-state index contributed by atoms with van der Waals surface area (Å²) in [7, 11) is 0. The van der Waals surface area contributed by atoms with Gasteiger partial charge in [-0.3, -0.25) is 4.79 Å². The number of amides is 1. The van der Waals surface area contributed by atoms with Crippen LogP contribution in [-0.2, 0) is 6.42 Å². The Morgan fingerprint density at radius 2 is 2.03 bits per heavy atom. The molecule has 0 radical (unpaired) electrons. The summed E-state index contributed by atoms with van der Waals surface area (Å²) in [5.74, 6) is 0.0132. The molecule has 1 fully saturated rings. The first-order chi connectivity index (χ1) is 18.3. The predicted octanol–water partition coefficient (Wildman–Crippen LogP) is 4.81. The molecule has 38 heavy (non-hydrogen) atoms. The third-order valence-corrected chi connectivity index (χ3v) is 6.99. The summed E-state index contributed by atoms with van der Waals surface area (Å²) in [5, 5.41) is 14.1. The molecular weight excluding hydrogens is 482 g/mol. The molecule has 1 amide bonds. The van der Waals surface area contributed by atoms with Crippen LogP contribution in [0.15, 0.2) is 53.7 Å². The van der Waals surface area contributed by atoms with Crippen molar-refractivity contribution in [3.05, 3.63) is 60.6 Å². The van der Waals surface area contributed by atoms with Crippen LogP contribution in [0.5, 0.6) is 0 Å². The van der Waals surface area contributed by atoms with E-state index in [1.165, 1.54) is 12.7 Å². The fourth-order valence-electron chi connectivity index (χ4n) is 4.96. The van der Waals surface area contributed by atoms with Crippen molar-refractivity contribution in [2.24, 2.45) is 0 Å². The molecule has 3 N–H and O–H groups in total. The summed E-state index contributed by atoms with van der Waals surface area (Å²) >= 11 is 0. The number of aromatic nitrogens is 5. The highest BCUT2D eigenvalue weighted by molar-refractivity contribution is 6.05. The second-order valence-electron chi connectivity index (χ2n) is 10.5. The Labute approximate surface area is 219 Å². The number of aromatic amines is 1. The van der Waals surface area contributed by atoms with Gasteiger partial charge in [-0.25, -0.2) is 15.0 Å². The van der Waals surface area contributed by atoms with E-state index in [2.05, 4.69) is 25.2 Å². The van der Waals surface area contributed by atoms with Gasteiger partial charge in [-0.2, -0.15) is 0 Å². The number of carbonyl (C=O) groups excluding carboxylic acids is 1. The third kappa shape index (κ3) is 4.87. The van der Waals surface area contributed by atoms with Crippen molar-refractivity contribution >= 4 is 34.0 Å². The van der Waals surface area contributed by atoms with Crippen LogP contribution < -0.4 is 10.2 Å². The molecule has 5 aromatic rings. The molecular formula is C28H31N7O3. The first kappa shape index (κ1) is 24.2. The molecule has 1 saturated heterocycles. The van der Waals surface area contributed by atoms with Gasteiger partial charge in [0.05, 0.1) is 22.7 Å². The molecule has 1 aliphatic rings. The van der Waals surface area contributed by atoms with Crippen LogP contribution in [0.25, 0.3) is 28.1 Å². The number of anilines is 2. The number of H-pyrrole nitrogens is 1. The van der Waals surface area contributed by atoms with E-state index < -0.39 is 5.60 Å². The maximum absolute atomic E-state index is 13.3. The van der Waals surface area contributed by atoms with Gasteiger partial charge < -0.3 is 29.1 Å². The number of hydrogen-bond acceptors (Lipinski definition) is 7. The standard InChI is InChI=1S/C28H31N7O3/c1-28(2,37)9-6-18-15-35-16-21(23(14-24(35)31-18)34-12-4-3-5-13-34)32-26(36)22-17-38-27(33-22)20-8-11-30-25-19(20)7-10-29-25/h7-8,10-11,14-17,37H,3-6,9,12-13H2,1-2H3,(H,29,30)(H,32,36). The Morgan fingerprint density at radius 1 is 1.18 bits per heavy atom. The Bertz CT molecular complexity index is 1600. The van der Waals surface area contributed by atoms with Crippen molar-refractivity contribution < 1.29 is 14.3 Å². The van der Waals surface area contributed by atoms with Gasteiger partial charge in [-0.15, -0.1) is 0 Å². The Kier molecular flexibility index (Phi) is 6.11. The van der Waals surface area contributed by atoms with Gasteiger partial charge >= 0.3 is 0 Å². The fraction of sp³-hybridized carbons (Fsp3) is 0.357. The van der Waals surface area contributed by atoms with Crippen LogP contribution in [0.3, 0.4) is 0 Å². The second kappa shape index (κ2) is 9.60. The number of nitrogens with one attached hydrogen (secondary N) is 2. The number of aliphatic hydroxyl groups is 1. The van der Waals surface area contributed by atoms with E-state index in [1.807, 2.05) is 41.2 Å². The minimum atomic E-state index is -0.756. The average Bonchev–Trinajstić information content (AvgIpc) is 3.66.